The van der Waals surface area contributed by atoms with Gasteiger partial charge in [-0.3, -0.25) is 10.2 Å². The Labute approximate surface area is 100 Å². The number of hydrogen-bond acceptors (Lipinski definition) is 4. The first-order valence-corrected chi connectivity index (χ1v) is 6.00. The van der Waals surface area contributed by atoms with Crippen molar-refractivity contribution in [2.24, 2.45) is 5.84 Å². The van der Waals surface area contributed by atoms with E-state index in [2.05, 4.69) is 5.43 Å². The molecule has 5 nitrogen and oxygen atoms in total. The molecule has 17 heavy (non-hydrogen) atoms. The largest absolute Gasteiger partial charge is 0.459 e. The predicted octanol–water partition coefficient (Wildman–Crippen LogP) is 1.73. The molecule has 1 aliphatic rings. The lowest BCUT2D eigenvalue weighted by atomic mass is 9.98. The molecule has 1 aromatic rings. The van der Waals surface area contributed by atoms with Gasteiger partial charge < -0.3 is 9.15 Å². The first kappa shape index (κ1) is 12.1. The lowest BCUT2D eigenvalue weighted by Gasteiger charge is -2.21. The van der Waals surface area contributed by atoms with Crippen LogP contribution < -0.4 is 11.3 Å². The van der Waals surface area contributed by atoms with Crippen molar-refractivity contribution in [2.75, 3.05) is 0 Å². The quantitative estimate of drug-likeness (QED) is 0.476. The second-order valence-corrected chi connectivity index (χ2v) is 4.32. The summed E-state index contributed by atoms with van der Waals surface area (Å²) in [5.74, 6) is 4.89. The number of nitrogens with two attached hydrogens (primary N) is 1. The predicted molar refractivity (Wildman–Crippen MR) is 62.0 cm³/mol. The Kier molecular flexibility index (Phi) is 4.17. The Hall–Kier alpha value is -1.33. The first-order chi connectivity index (χ1) is 8.31. The van der Waals surface area contributed by atoms with Gasteiger partial charge in [-0.15, -0.1) is 0 Å². The number of hydrogen-bond donors (Lipinski definition) is 2. The minimum atomic E-state index is -0.419. The molecule has 0 saturated heterocycles. The maximum atomic E-state index is 11.4. The highest BCUT2D eigenvalue weighted by atomic mass is 16.5. The van der Waals surface area contributed by atoms with E-state index in [4.69, 9.17) is 15.0 Å². The van der Waals surface area contributed by atoms with Crippen LogP contribution in [-0.2, 0) is 11.3 Å². The molecule has 0 aromatic carbocycles. The fourth-order valence-electron chi connectivity index (χ4n) is 2.15. The molecule has 0 bridgehead atoms. The maximum Gasteiger partial charge on any atom is 0.301 e. The molecule has 0 unspecified atom stereocenters. The molecule has 1 heterocycles. The number of nitrogen functional groups attached to an aromatic ring is 1. The van der Waals surface area contributed by atoms with E-state index in [1.54, 1.807) is 6.07 Å². The SMILES string of the molecule is NNC(=O)c1occc1COC1CCCCC1. The van der Waals surface area contributed by atoms with Crippen molar-refractivity contribution in [3.05, 3.63) is 23.7 Å². The number of furan rings is 1. The highest BCUT2D eigenvalue weighted by Crippen LogP contribution is 2.22. The Morgan fingerprint density at radius 3 is 2.94 bits per heavy atom. The van der Waals surface area contributed by atoms with E-state index in [1.165, 1.54) is 25.5 Å². The van der Waals surface area contributed by atoms with Crippen LogP contribution in [0.5, 0.6) is 0 Å². The smallest absolute Gasteiger partial charge is 0.301 e. The number of carbonyl (C=O) groups is 1. The van der Waals surface area contributed by atoms with E-state index >= 15 is 0 Å². The van der Waals surface area contributed by atoms with Crippen molar-refractivity contribution in [1.82, 2.24) is 5.43 Å². The summed E-state index contributed by atoms with van der Waals surface area (Å²) >= 11 is 0. The second-order valence-electron chi connectivity index (χ2n) is 4.32. The monoisotopic (exact) mass is 238 g/mol. The molecule has 0 spiro atoms. The first-order valence-electron chi connectivity index (χ1n) is 6.00. The van der Waals surface area contributed by atoms with Crippen LogP contribution in [0.2, 0.25) is 0 Å². The number of ether oxygens (including phenoxy) is 1. The average Bonchev–Trinajstić information content (AvgIpc) is 2.85. The van der Waals surface area contributed by atoms with Gasteiger partial charge in [-0.2, -0.15) is 0 Å². The Morgan fingerprint density at radius 2 is 2.24 bits per heavy atom. The summed E-state index contributed by atoms with van der Waals surface area (Å²) in [5.41, 5.74) is 2.81. The van der Waals surface area contributed by atoms with Crippen LogP contribution in [0.1, 0.15) is 48.2 Å². The normalized spacial score (nSPS) is 17.0. The van der Waals surface area contributed by atoms with E-state index in [-0.39, 0.29) is 5.76 Å². The molecule has 1 amide bonds. The molecule has 5 heteroatoms. The molecule has 1 aliphatic carbocycles. The number of carbonyl (C=O) groups excluding carboxylic acids is 1. The van der Waals surface area contributed by atoms with Crippen LogP contribution in [0.15, 0.2) is 16.7 Å². The van der Waals surface area contributed by atoms with Gasteiger partial charge in [-0.25, -0.2) is 5.84 Å². The van der Waals surface area contributed by atoms with Gasteiger partial charge in [0, 0.05) is 5.56 Å². The third-order valence-electron chi connectivity index (χ3n) is 3.11. The standard InChI is InChI=1S/C12H18N2O3/c13-14-12(15)11-9(6-7-16-11)8-17-10-4-2-1-3-5-10/h6-7,10H,1-5,8,13H2,(H,14,15). The van der Waals surface area contributed by atoms with Crippen molar-refractivity contribution >= 4 is 5.91 Å². The number of hydrazine groups is 1. The van der Waals surface area contributed by atoms with Gasteiger partial charge in [0.15, 0.2) is 5.76 Å². The van der Waals surface area contributed by atoms with E-state index < -0.39 is 5.91 Å². The molecular formula is C12H18N2O3. The van der Waals surface area contributed by atoms with Crippen LogP contribution in [0.4, 0.5) is 0 Å². The van der Waals surface area contributed by atoms with Crippen molar-refractivity contribution in [3.63, 3.8) is 0 Å². The van der Waals surface area contributed by atoms with Crippen LogP contribution in [0.3, 0.4) is 0 Å². The zero-order valence-corrected chi connectivity index (χ0v) is 9.78. The van der Waals surface area contributed by atoms with Crippen molar-refractivity contribution in [2.45, 2.75) is 44.8 Å². The van der Waals surface area contributed by atoms with Crippen LogP contribution >= 0.6 is 0 Å². The second kappa shape index (κ2) is 5.84. The molecule has 3 N–H and O–H groups in total. The number of amides is 1. The zero-order valence-electron chi connectivity index (χ0n) is 9.78. The van der Waals surface area contributed by atoms with E-state index in [0.717, 1.165) is 18.4 Å². The summed E-state index contributed by atoms with van der Waals surface area (Å²) in [5, 5.41) is 0. The minimum Gasteiger partial charge on any atom is -0.459 e. The molecule has 0 aliphatic heterocycles. The Bertz CT molecular complexity index is 370. The molecule has 94 valence electrons. The highest BCUT2D eigenvalue weighted by molar-refractivity contribution is 5.92. The molecule has 1 fully saturated rings. The van der Waals surface area contributed by atoms with Gasteiger partial charge in [0.1, 0.15) is 0 Å². The van der Waals surface area contributed by atoms with Gasteiger partial charge in [0.05, 0.1) is 19.0 Å². The van der Waals surface area contributed by atoms with E-state index in [9.17, 15) is 4.79 Å². The van der Waals surface area contributed by atoms with Crippen molar-refractivity contribution in [1.29, 1.82) is 0 Å². The summed E-state index contributed by atoms with van der Waals surface area (Å²) in [4.78, 5) is 11.4. The topological polar surface area (TPSA) is 77.5 Å². The third kappa shape index (κ3) is 3.08. The van der Waals surface area contributed by atoms with Crippen molar-refractivity contribution < 1.29 is 13.9 Å². The summed E-state index contributed by atoms with van der Waals surface area (Å²) < 4.78 is 10.9. The third-order valence-corrected chi connectivity index (χ3v) is 3.11. The summed E-state index contributed by atoms with van der Waals surface area (Å²) in [6.45, 7) is 0.407. The number of nitrogens with one attached hydrogen (secondary N) is 1. The fraction of sp³-hybridized carbons (Fsp3) is 0.583. The van der Waals surface area contributed by atoms with Gasteiger partial charge in [-0.1, -0.05) is 19.3 Å². The van der Waals surface area contributed by atoms with Gasteiger partial charge in [0.25, 0.3) is 0 Å². The van der Waals surface area contributed by atoms with E-state index in [1.807, 2.05) is 0 Å². The molecule has 0 radical (unpaired) electrons. The Balaban J connectivity index is 1.89. The molecule has 0 atom stereocenters. The van der Waals surface area contributed by atoms with Crippen LogP contribution in [0, 0.1) is 0 Å². The molecule has 1 aromatic heterocycles. The summed E-state index contributed by atoms with van der Waals surface area (Å²) in [6, 6.07) is 1.74. The minimum absolute atomic E-state index is 0.239. The molecule has 1 saturated carbocycles. The van der Waals surface area contributed by atoms with Gasteiger partial charge >= 0.3 is 5.91 Å². The lowest BCUT2D eigenvalue weighted by Crippen LogP contribution is -2.30. The van der Waals surface area contributed by atoms with Crippen LogP contribution in [0.25, 0.3) is 0 Å². The van der Waals surface area contributed by atoms with Crippen molar-refractivity contribution in [3.8, 4) is 0 Å². The maximum absolute atomic E-state index is 11.4. The summed E-state index contributed by atoms with van der Waals surface area (Å²) in [6.07, 6.45) is 7.76. The van der Waals surface area contributed by atoms with E-state index in [0.29, 0.717) is 12.7 Å². The Morgan fingerprint density at radius 1 is 1.47 bits per heavy atom. The summed E-state index contributed by atoms with van der Waals surface area (Å²) in [7, 11) is 0. The number of rotatable bonds is 4. The molecular weight excluding hydrogens is 220 g/mol. The van der Waals surface area contributed by atoms with Gasteiger partial charge in [0.2, 0.25) is 0 Å². The molecule has 2 rings (SSSR count). The average molecular weight is 238 g/mol. The van der Waals surface area contributed by atoms with Gasteiger partial charge in [-0.05, 0) is 18.9 Å². The zero-order chi connectivity index (χ0) is 12.1. The lowest BCUT2D eigenvalue weighted by molar-refractivity contribution is 0.0162. The fourth-order valence-corrected chi connectivity index (χ4v) is 2.15. The highest BCUT2D eigenvalue weighted by Gasteiger charge is 2.17. The van der Waals surface area contributed by atoms with Crippen LogP contribution in [-0.4, -0.2) is 12.0 Å².